The van der Waals surface area contributed by atoms with Crippen molar-refractivity contribution in [1.29, 1.82) is 0 Å². The van der Waals surface area contributed by atoms with Crippen LogP contribution < -0.4 is 10.6 Å². The van der Waals surface area contributed by atoms with Gasteiger partial charge in [0.25, 0.3) is 5.91 Å². The highest BCUT2D eigenvalue weighted by Crippen LogP contribution is 2.41. The van der Waals surface area contributed by atoms with E-state index in [0.717, 1.165) is 28.0 Å². The molecule has 0 saturated carbocycles. The number of anilines is 1. The molecule has 1 spiro atoms. The summed E-state index contributed by atoms with van der Waals surface area (Å²) in [6, 6.07) is 14.4. The van der Waals surface area contributed by atoms with E-state index in [4.69, 9.17) is 0 Å². The van der Waals surface area contributed by atoms with Crippen molar-refractivity contribution in [1.82, 2.24) is 10.2 Å². The Morgan fingerprint density at radius 3 is 2.65 bits per heavy atom. The number of hydrogen-bond donors (Lipinski definition) is 2. The second kappa shape index (κ2) is 5.98. The van der Waals surface area contributed by atoms with Gasteiger partial charge in [0.2, 0.25) is 5.91 Å². The molecule has 2 aliphatic rings. The lowest BCUT2D eigenvalue weighted by atomic mass is 9.92. The molecule has 0 bridgehead atoms. The van der Waals surface area contributed by atoms with Crippen LogP contribution in [0.4, 0.5) is 10.5 Å². The highest BCUT2D eigenvalue weighted by molar-refractivity contribution is 6.10. The summed E-state index contributed by atoms with van der Waals surface area (Å²) in [5.41, 5.74) is 2.58. The molecule has 6 heteroatoms. The SMILES string of the molecule is Cc1ccc(NC(=O)CN2C(=O)N[C@@]3(CCc4ccccc43)C2=O)cc1. The zero-order chi connectivity index (χ0) is 18.3. The van der Waals surface area contributed by atoms with Gasteiger partial charge < -0.3 is 10.6 Å². The van der Waals surface area contributed by atoms with E-state index in [0.29, 0.717) is 12.1 Å². The van der Waals surface area contributed by atoms with Crippen molar-refractivity contribution in [2.24, 2.45) is 0 Å². The summed E-state index contributed by atoms with van der Waals surface area (Å²) < 4.78 is 0. The molecule has 0 radical (unpaired) electrons. The maximum absolute atomic E-state index is 13.0. The second-order valence-corrected chi connectivity index (χ2v) is 6.80. The van der Waals surface area contributed by atoms with Crippen LogP contribution in [-0.4, -0.2) is 29.3 Å². The van der Waals surface area contributed by atoms with Crippen LogP contribution in [0.2, 0.25) is 0 Å². The lowest BCUT2D eigenvalue weighted by molar-refractivity contribution is -0.134. The van der Waals surface area contributed by atoms with Crippen molar-refractivity contribution < 1.29 is 14.4 Å². The van der Waals surface area contributed by atoms with Crippen LogP contribution in [0, 0.1) is 6.92 Å². The Morgan fingerprint density at radius 1 is 1.15 bits per heavy atom. The monoisotopic (exact) mass is 349 g/mol. The second-order valence-electron chi connectivity index (χ2n) is 6.80. The smallest absolute Gasteiger partial charge is 0.325 e. The Hall–Kier alpha value is -3.15. The van der Waals surface area contributed by atoms with Gasteiger partial charge in [0, 0.05) is 5.69 Å². The zero-order valence-corrected chi connectivity index (χ0v) is 14.4. The van der Waals surface area contributed by atoms with E-state index in [-0.39, 0.29) is 12.5 Å². The van der Waals surface area contributed by atoms with Gasteiger partial charge in [-0.15, -0.1) is 0 Å². The molecule has 1 aliphatic heterocycles. The first kappa shape index (κ1) is 16.3. The van der Waals surface area contributed by atoms with Gasteiger partial charge in [0.05, 0.1) is 0 Å². The van der Waals surface area contributed by atoms with E-state index in [2.05, 4.69) is 10.6 Å². The first-order valence-corrected chi connectivity index (χ1v) is 8.59. The average Bonchev–Trinajstić information content (AvgIpc) is 3.11. The van der Waals surface area contributed by atoms with Crippen LogP contribution in [0.25, 0.3) is 0 Å². The molecular weight excluding hydrogens is 330 g/mol. The Labute approximate surface area is 151 Å². The molecule has 26 heavy (non-hydrogen) atoms. The molecule has 0 aromatic heterocycles. The van der Waals surface area contributed by atoms with Crippen molar-refractivity contribution in [3.05, 3.63) is 65.2 Å². The third kappa shape index (κ3) is 2.54. The average molecular weight is 349 g/mol. The minimum Gasteiger partial charge on any atom is -0.325 e. The number of nitrogens with one attached hydrogen (secondary N) is 2. The predicted octanol–water partition coefficient (Wildman–Crippen LogP) is 2.33. The lowest BCUT2D eigenvalue weighted by Gasteiger charge is -2.22. The molecular formula is C20H19N3O3. The number of amides is 4. The molecule has 1 fully saturated rings. The maximum atomic E-state index is 13.0. The highest BCUT2D eigenvalue weighted by Gasteiger charge is 2.55. The van der Waals surface area contributed by atoms with Crippen molar-refractivity contribution in [2.45, 2.75) is 25.3 Å². The molecule has 4 rings (SSSR count). The molecule has 132 valence electrons. The zero-order valence-electron chi connectivity index (χ0n) is 14.4. The number of hydrogen-bond acceptors (Lipinski definition) is 3. The standard InChI is InChI=1S/C20H19N3O3/c1-13-6-8-15(9-7-13)21-17(24)12-23-18(25)20(22-19(23)26)11-10-14-4-2-3-5-16(14)20/h2-9H,10-12H2,1H3,(H,21,24)(H,22,26)/t20-/m1/s1. The number of benzene rings is 2. The third-order valence-corrected chi connectivity index (χ3v) is 5.06. The Morgan fingerprint density at radius 2 is 1.88 bits per heavy atom. The summed E-state index contributed by atoms with van der Waals surface area (Å²) in [5, 5.41) is 5.54. The number of carbonyl (C=O) groups is 3. The van der Waals surface area contributed by atoms with Gasteiger partial charge in [0.15, 0.2) is 0 Å². The van der Waals surface area contributed by atoms with Crippen LogP contribution in [0.1, 0.15) is 23.1 Å². The first-order valence-electron chi connectivity index (χ1n) is 8.59. The predicted molar refractivity (Wildman–Crippen MR) is 96.5 cm³/mol. The summed E-state index contributed by atoms with van der Waals surface area (Å²) >= 11 is 0. The van der Waals surface area contributed by atoms with Gasteiger partial charge in [-0.25, -0.2) is 4.79 Å². The van der Waals surface area contributed by atoms with Gasteiger partial charge in [-0.3, -0.25) is 14.5 Å². The van der Waals surface area contributed by atoms with Crippen molar-refractivity contribution in [2.75, 3.05) is 11.9 Å². The van der Waals surface area contributed by atoms with Crippen molar-refractivity contribution in [3.8, 4) is 0 Å². The molecule has 2 N–H and O–H groups in total. The van der Waals surface area contributed by atoms with E-state index in [1.165, 1.54) is 0 Å². The van der Waals surface area contributed by atoms with E-state index >= 15 is 0 Å². The van der Waals surface area contributed by atoms with Crippen LogP contribution >= 0.6 is 0 Å². The van der Waals surface area contributed by atoms with Gasteiger partial charge in [-0.1, -0.05) is 42.0 Å². The molecule has 2 aromatic rings. The summed E-state index contributed by atoms with van der Waals surface area (Å²) in [5.74, 6) is -0.757. The van der Waals surface area contributed by atoms with Crippen molar-refractivity contribution in [3.63, 3.8) is 0 Å². The summed E-state index contributed by atoms with van der Waals surface area (Å²) in [7, 11) is 0. The molecule has 6 nitrogen and oxygen atoms in total. The molecule has 2 aromatic carbocycles. The van der Waals surface area contributed by atoms with Gasteiger partial charge in [0.1, 0.15) is 12.1 Å². The van der Waals surface area contributed by atoms with Crippen molar-refractivity contribution >= 4 is 23.5 Å². The summed E-state index contributed by atoms with van der Waals surface area (Å²) in [6.45, 7) is 1.65. The fraction of sp³-hybridized carbons (Fsp3) is 0.250. The van der Waals surface area contributed by atoms with Crippen LogP contribution in [0.3, 0.4) is 0 Å². The number of carbonyl (C=O) groups excluding carboxylic acids is 3. The number of imide groups is 1. The van der Waals surface area contributed by atoms with E-state index < -0.39 is 17.5 Å². The van der Waals surface area contributed by atoms with E-state index in [1.807, 2.05) is 43.3 Å². The maximum Gasteiger partial charge on any atom is 0.325 e. The normalized spacial score (nSPS) is 21.0. The van der Waals surface area contributed by atoms with E-state index in [9.17, 15) is 14.4 Å². The van der Waals surface area contributed by atoms with Crippen LogP contribution in [0.5, 0.6) is 0 Å². The summed E-state index contributed by atoms with van der Waals surface area (Å²) in [6.07, 6.45) is 1.25. The molecule has 1 saturated heterocycles. The number of nitrogens with zero attached hydrogens (tertiary/aromatic N) is 1. The van der Waals surface area contributed by atoms with Crippen LogP contribution in [-0.2, 0) is 21.5 Å². The Kier molecular flexibility index (Phi) is 3.76. The number of aryl methyl sites for hydroxylation is 2. The lowest BCUT2D eigenvalue weighted by Crippen LogP contribution is -2.42. The summed E-state index contributed by atoms with van der Waals surface area (Å²) in [4.78, 5) is 38.7. The number of fused-ring (bicyclic) bond motifs is 2. The van der Waals surface area contributed by atoms with Gasteiger partial charge in [-0.2, -0.15) is 0 Å². The quantitative estimate of drug-likeness (QED) is 0.835. The van der Waals surface area contributed by atoms with Gasteiger partial charge in [-0.05, 0) is 43.0 Å². The first-order chi connectivity index (χ1) is 12.5. The third-order valence-electron chi connectivity index (χ3n) is 5.06. The van der Waals surface area contributed by atoms with Gasteiger partial charge >= 0.3 is 6.03 Å². The molecule has 1 aliphatic carbocycles. The van der Waals surface area contributed by atoms with Crippen LogP contribution in [0.15, 0.2) is 48.5 Å². The minimum absolute atomic E-state index is 0.303. The van der Waals surface area contributed by atoms with E-state index in [1.54, 1.807) is 12.1 Å². The topological polar surface area (TPSA) is 78.5 Å². The molecule has 1 heterocycles. The Balaban J connectivity index is 1.52. The largest absolute Gasteiger partial charge is 0.325 e. The number of rotatable bonds is 3. The minimum atomic E-state index is -1.03. The highest BCUT2D eigenvalue weighted by atomic mass is 16.2. The molecule has 1 atom stereocenters. The number of urea groups is 1. The molecule has 4 amide bonds. The fourth-order valence-electron chi connectivity index (χ4n) is 3.71. The molecule has 0 unspecified atom stereocenters. The Bertz CT molecular complexity index is 907. The fourth-order valence-corrected chi connectivity index (χ4v) is 3.71.